The first kappa shape index (κ1) is 16.7. The summed E-state index contributed by atoms with van der Waals surface area (Å²) in [6.07, 6.45) is 0.831. The number of benzene rings is 1. The number of piperazine rings is 1. The standard InChI is InChI=1S/C16H22N4O4/c1-17-7-9-18(10-8-17)5-2-6-19-14-11-13(20(22)23)3-4-15(14)24-12-16(19)21/h3-4,11H,2,5-10,12H2,1H3. The summed E-state index contributed by atoms with van der Waals surface area (Å²) in [6.45, 7) is 5.65. The molecule has 2 aliphatic heterocycles. The van der Waals surface area contributed by atoms with Gasteiger partial charge in [-0.3, -0.25) is 14.9 Å². The molecule has 1 aromatic rings. The molecule has 0 saturated carbocycles. The van der Waals surface area contributed by atoms with Crippen LogP contribution in [0.4, 0.5) is 11.4 Å². The molecule has 2 aliphatic rings. The molecule has 0 radical (unpaired) electrons. The summed E-state index contributed by atoms with van der Waals surface area (Å²) in [5.41, 5.74) is 0.468. The maximum absolute atomic E-state index is 12.2. The topological polar surface area (TPSA) is 79.2 Å². The van der Waals surface area contributed by atoms with Crippen LogP contribution in [0.5, 0.6) is 5.75 Å². The molecular weight excluding hydrogens is 312 g/mol. The van der Waals surface area contributed by atoms with Gasteiger partial charge in [0.1, 0.15) is 5.75 Å². The van der Waals surface area contributed by atoms with Crippen LogP contribution in [0.2, 0.25) is 0 Å². The number of hydrogen-bond acceptors (Lipinski definition) is 6. The van der Waals surface area contributed by atoms with E-state index in [1.165, 1.54) is 12.1 Å². The number of ether oxygens (including phenoxy) is 1. The number of rotatable bonds is 5. The Hall–Kier alpha value is -2.19. The average molecular weight is 334 g/mol. The predicted molar refractivity (Wildman–Crippen MR) is 89.5 cm³/mol. The lowest BCUT2D eigenvalue weighted by Crippen LogP contribution is -2.46. The summed E-state index contributed by atoms with van der Waals surface area (Å²) < 4.78 is 5.38. The minimum absolute atomic E-state index is 0.0146. The highest BCUT2D eigenvalue weighted by Gasteiger charge is 2.27. The van der Waals surface area contributed by atoms with Crippen LogP contribution in [0.25, 0.3) is 0 Å². The number of likely N-dealkylation sites (N-methyl/N-ethyl adjacent to an activating group) is 1. The van der Waals surface area contributed by atoms with Gasteiger partial charge in [0, 0.05) is 44.9 Å². The molecule has 0 bridgehead atoms. The molecule has 1 fully saturated rings. The van der Waals surface area contributed by atoms with Gasteiger partial charge in [0.25, 0.3) is 11.6 Å². The smallest absolute Gasteiger partial charge is 0.271 e. The molecule has 0 unspecified atom stereocenters. The van der Waals surface area contributed by atoms with Crippen molar-refractivity contribution >= 4 is 17.3 Å². The predicted octanol–water partition coefficient (Wildman–Crippen LogP) is 0.958. The van der Waals surface area contributed by atoms with Crippen LogP contribution in [0.15, 0.2) is 18.2 Å². The van der Waals surface area contributed by atoms with E-state index in [2.05, 4.69) is 16.8 Å². The fourth-order valence-electron chi connectivity index (χ4n) is 3.07. The second-order valence-electron chi connectivity index (χ2n) is 6.24. The van der Waals surface area contributed by atoms with Gasteiger partial charge in [-0.25, -0.2) is 0 Å². The normalized spacial score (nSPS) is 19.0. The first-order chi connectivity index (χ1) is 11.5. The van der Waals surface area contributed by atoms with Gasteiger partial charge in [0.2, 0.25) is 0 Å². The Morgan fingerprint density at radius 2 is 1.96 bits per heavy atom. The number of amides is 1. The Morgan fingerprint density at radius 3 is 2.67 bits per heavy atom. The first-order valence-corrected chi connectivity index (χ1v) is 8.17. The second kappa shape index (κ2) is 7.14. The summed E-state index contributed by atoms with van der Waals surface area (Å²) >= 11 is 0. The molecular formula is C16H22N4O4. The highest BCUT2D eigenvalue weighted by molar-refractivity contribution is 5.98. The van der Waals surface area contributed by atoms with Crippen LogP contribution in [-0.4, -0.2) is 73.6 Å². The Morgan fingerprint density at radius 1 is 1.21 bits per heavy atom. The molecule has 0 aromatic heterocycles. The Labute approximate surface area is 140 Å². The number of nitrogens with zero attached hydrogens (tertiary/aromatic N) is 4. The van der Waals surface area contributed by atoms with Gasteiger partial charge >= 0.3 is 0 Å². The fraction of sp³-hybridized carbons (Fsp3) is 0.562. The monoisotopic (exact) mass is 334 g/mol. The van der Waals surface area contributed by atoms with Crippen molar-refractivity contribution in [2.45, 2.75) is 6.42 Å². The lowest BCUT2D eigenvalue weighted by atomic mass is 10.2. The molecule has 1 saturated heterocycles. The molecule has 2 heterocycles. The van der Waals surface area contributed by atoms with E-state index in [0.29, 0.717) is 18.0 Å². The second-order valence-corrected chi connectivity index (χ2v) is 6.24. The third-order valence-electron chi connectivity index (χ3n) is 4.55. The zero-order valence-electron chi connectivity index (χ0n) is 13.8. The zero-order chi connectivity index (χ0) is 17.1. The van der Waals surface area contributed by atoms with Crippen molar-refractivity contribution in [3.8, 4) is 5.75 Å². The number of fused-ring (bicyclic) bond motifs is 1. The molecule has 130 valence electrons. The van der Waals surface area contributed by atoms with Gasteiger partial charge < -0.3 is 19.4 Å². The van der Waals surface area contributed by atoms with Crippen molar-refractivity contribution in [1.82, 2.24) is 9.80 Å². The minimum atomic E-state index is -0.457. The number of anilines is 1. The van der Waals surface area contributed by atoms with Gasteiger partial charge in [0.15, 0.2) is 6.61 Å². The summed E-state index contributed by atoms with van der Waals surface area (Å²) in [5.74, 6) is 0.376. The van der Waals surface area contributed by atoms with Crippen molar-refractivity contribution in [1.29, 1.82) is 0 Å². The van der Waals surface area contributed by atoms with E-state index in [-0.39, 0.29) is 18.2 Å². The molecule has 0 atom stereocenters. The lowest BCUT2D eigenvalue weighted by molar-refractivity contribution is -0.384. The minimum Gasteiger partial charge on any atom is -0.482 e. The van der Waals surface area contributed by atoms with Crippen LogP contribution in [0.3, 0.4) is 0 Å². The molecule has 0 N–H and O–H groups in total. The van der Waals surface area contributed by atoms with E-state index in [1.807, 2.05) is 0 Å². The number of carbonyl (C=O) groups excluding carboxylic acids is 1. The van der Waals surface area contributed by atoms with Gasteiger partial charge in [-0.2, -0.15) is 0 Å². The molecule has 0 aliphatic carbocycles. The number of non-ortho nitro benzene ring substituents is 1. The highest BCUT2D eigenvalue weighted by Crippen LogP contribution is 2.35. The molecule has 1 aromatic carbocycles. The Kier molecular flexibility index (Phi) is 4.96. The van der Waals surface area contributed by atoms with E-state index >= 15 is 0 Å². The van der Waals surface area contributed by atoms with Crippen molar-refractivity contribution in [3.05, 3.63) is 28.3 Å². The number of carbonyl (C=O) groups is 1. The molecule has 8 heteroatoms. The van der Waals surface area contributed by atoms with E-state index in [0.717, 1.165) is 39.1 Å². The van der Waals surface area contributed by atoms with Crippen molar-refractivity contribution < 1.29 is 14.5 Å². The van der Waals surface area contributed by atoms with Crippen LogP contribution >= 0.6 is 0 Å². The van der Waals surface area contributed by atoms with Gasteiger partial charge in [-0.15, -0.1) is 0 Å². The van der Waals surface area contributed by atoms with Crippen molar-refractivity contribution in [2.24, 2.45) is 0 Å². The van der Waals surface area contributed by atoms with Gasteiger partial charge in [-0.1, -0.05) is 0 Å². The summed E-state index contributed by atoms with van der Waals surface area (Å²) in [5, 5.41) is 11.0. The van der Waals surface area contributed by atoms with Crippen LogP contribution in [0, 0.1) is 10.1 Å². The molecule has 3 rings (SSSR count). The lowest BCUT2D eigenvalue weighted by Gasteiger charge is -2.33. The maximum atomic E-state index is 12.2. The zero-order valence-corrected chi connectivity index (χ0v) is 13.8. The Bertz CT molecular complexity index is 629. The van der Waals surface area contributed by atoms with Crippen molar-refractivity contribution in [2.75, 3.05) is 57.8 Å². The SMILES string of the molecule is CN1CCN(CCCN2C(=O)COc3ccc([N+](=O)[O-])cc32)CC1. The Balaban J connectivity index is 1.64. The quantitative estimate of drug-likeness (QED) is 0.589. The largest absolute Gasteiger partial charge is 0.482 e. The van der Waals surface area contributed by atoms with Crippen LogP contribution in [0.1, 0.15) is 6.42 Å². The first-order valence-electron chi connectivity index (χ1n) is 8.17. The van der Waals surface area contributed by atoms with Crippen LogP contribution in [-0.2, 0) is 4.79 Å². The van der Waals surface area contributed by atoms with Gasteiger partial charge in [-0.05, 0) is 26.1 Å². The fourth-order valence-corrected chi connectivity index (χ4v) is 3.07. The molecule has 24 heavy (non-hydrogen) atoms. The number of nitro benzene ring substituents is 1. The third-order valence-corrected chi connectivity index (χ3v) is 4.55. The van der Waals surface area contributed by atoms with E-state index in [4.69, 9.17) is 4.74 Å². The molecule has 0 spiro atoms. The maximum Gasteiger partial charge on any atom is 0.271 e. The van der Waals surface area contributed by atoms with E-state index < -0.39 is 4.92 Å². The average Bonchev–Trinajstić information content (AvgIpc) is 2.58. The highest BCUT2D eigenvalue weighted by atomic mass is 16.6. The van der Waals surface area contributed by atoms with Crippen LogP contribution < -0.4 is 9.64 Å². The number of nitro groups is 1. The summed E-state index contributed by atoms with van der Waals surface area (Å²) in [6, 6.07) is 4.38. The number of hydrogen-bond donors (Lipinski definition) is 0. The summed E-state index contributed by atoms with van der Waals surface area (Å²) in [4.78, 5) is 29.0. The summed E-state index contributed by atoms with van der Waals surface area (Å²) in [7, 11) is 2.12. The molecule has 8 nitrogen and oxygen atoms in total. The van der Waals surface area contributed by atoms with E-state index in [1.54, 1.807) is 11.0 Å². The third kappa shape index (κ3) is 3.65. The van der Waals surface area contributed by atoms with Gasteiger partial charge in [0.05, 0.1) is 10.6 Å². The van der Waals surface area contributed by atoms with Crippen molar-refractivity contribution in [3.63, 3.8) is 0 Å². The van der Waals surface area contributed by atoms with E-state index in [9.17, 15) is 14.9 Å². The molecule has 1 amide bonds.